The summed E-state index contributed by atoms with van der Waals surface area (Å²) in [6.07, 6.45) is -1.25. The zero-order valence-electron chi connectivity index (χ0n) is 18.5. The number of nitrogens with zero attached hydrogens (tertiary/aromatic N) is 2. The average Bonchev–Trinajstić information content (AvgIpc) is 3.59. The van der Waals surface area contributed by atoms with E-state index in [1.165, 1.54) is 0 Å². The van der Waals surface area contributed by atoms with E-state index in [4.69, 9.17) is 14.6 Å². The second kappa shape index (κ2) is 9.55. The fraction of sp³-hybridized carbons (Fsp3) is 0.292. The highest BCUT2D eigenvalue weighted by Gasteiger charge is 2.32. The zero-order chi connectivity index (χ0) is 24.4. The van der Waals surface area contributed by atoms with E-state index < -0.39 is 30.2 Å². The first-order valence-electron chi connectivity index (χ1n) is 11.1. The van der Waals surface area contributed by atoms with Crippen molar-refractivity contribution in [3.05, 3.63) is 65.4 Å². The van der Waals surface area contributed by atoms with Crippen LogP contribution in [0.4, 0.5) is 10.6 Å². The van der Waals surface area contributed by atoms with Gasteiger partial charge in [-0.05, 0) is 45.4 Å². The number of carbonyl (C=O) groups excluding carboxylic acids is 2. The largest absolute Gasteiger partial charge is 0.479 e. The van der Waals surface area contributed by atoms with Crippen molar-refractivity contribution in [3.8, 4) is 11.1 Å². The minimum Gasteiger partial charge on any atom is -0.479 e. The zero-order valence-corrected chi connectivity index (χ0v) is 18.5. The number of amides is 2. The van der Waals surface area contributed by atoms with Gasteiger partial charge in [0.15, 0.2) is 6.10 Å². The first-order chi connectivity index (χ1) is 17.0. The van der Waals surface area contributed by atoms with Crippen molar-refractivity contribution >= 4 is 23.8 Å². The Morgan fingerprint density at radius 3 is 2.34 bits per heavy atom. The number of fused-ring (bicyclic) bond motifs is 3. The summed E-state index contributed by atoms with van der Waals surface area (Å²) in [6.45, 7) is 0.177. The minimum atomic E-state index is -1.03. The summed E-state index contributed by atoms with van der Waals surface area (Å²) < 4.78 is 15.4. The normalized spacial score (nSPS) is 18.5. The maximum atomic E-state index is 12.5. The van der Waals surface area contributed by atoms with E-state index in [2.05, 4.69) is 25.6 Å². The lowest BCUT2D eigenvalue weighted by Crippen LogP contribution is -2.33. The highest BCUT2D eigenvalue weighted by Crippen LogP contribution is 2.44. The summed E-state index contributed by atoms with van der Waals surface area (Å²) >= 11 is 0. The fourth-order valence-corrected chi connectivity index (χ4v) is 4.48. The van der Waals surface area contributed by atoms with Crippen LogP contribution in [0.2, 0.25) is 0 Å². The molecule has 11 nitrogen and oxygen atoms in total. The molecule has 1 aliphatic heterocycles. The topological polar surface area (TPSA) is 153 Å². The van der Waals surface area contributed by atoms with Crippen LogP contribution >= 0.6 is 0 Å². The molecule has 2 unspecified atom stereocenters. The Hall–Kier alpha value is -4.25. The summed E-state index contributed by atoms with van der Waals surface area (Å²) in [5.74, 6) is -1.99. The van der Waals surface area contributed by atoms with Gasteiger partial charge >= 0.3 is 12.1 Å². The van der Waals surface area contributed by atoms with E-state index in [0.29, 0.717) is 12.8 Å². The first-order valence-corrected chi connectivity index (χ1v) is 11.1. The van der Waals surface area contributed by atoms with Gasteiger partial charge in [0.05, 0.1) is 6.10 Å². The maximum Gasteiger partial charge on any atom is 0.412 e. The number of benzene rings is 2. The number of carbonyl (C=O) groups is 3. The average molecular weight is 478 g/mol. The Balaban J connectivity index is 1.17. The third-order valence-corrected chi connectivity index (χ3v) is 6.14. The molecular weight excluding hydrogens is 456 g/mol. The van der Waals surface area contributed by atoms with Gasteiger partial charge in [0.25, 0.3) is 5.91 Å². The Labute approximate surface area is 199 Å². The number of carboxylic acid groups (broad SMARTS) is 1. The van der Waals surface area contributed by atoms with Crippen LogP contribution in [0, 0.1) is 0 Å². The highest BCUT2D eigenvalue weighted by molar-refractivity contribution is 5.99. The van der Waals surface area contributed by atoms with Crippen LogP contribution in [0.25, 0.3) is 11.1 Å². The molecule has 0 spiro atoms. The van der Waals surface area contributed by atoms with Gasteiger partial charge in [-0.1, -0.05) is 48.5 Å². The second-order valence-corrected chi connectivity index (χ2v) is 8.28. The lowest BCUT2D eigenvalue weighted by molar-refractivity contribution is -0.149. The Morgan fingerprint density at radius 2 is 1.69 bits per heavy atom. The van der Waals surface area contributed by atoms with Crippen molar-refractivity contribution < 1.29 is 33.6 Å². The van der Waals surface area contributed by atoms with Crippen molar-refractivity contribution in [2.45, 2.75) is 31.0 Å². The molecule has 1 aromatic heterocycles. The molecule has 35 heavy (non-hydrogen) atoms. The SMILES string of the molecule is O=C(Nc1nonc1C(=O)NCC1CCC(C(=O)O)O1)OCC1c2ccccc2-c2ccccc21. The van der Waals surface area contributed by atoms with Gasteiger partial charge in [-0.25, -0.2) is 14.2 Å². The Bertz CT molecular complexity index is 1230. The molecule has 1 fully saturated rings. The van der Waals surface area contributed by atoms with E-state index in [-0.39, 0.29) is 30.6 Å². The first kappa shape index (κ1) is 22.5. The molecule has 2 heterocycles. The van der Waals surface area contributed by atoms with Gasteiger partial charge in [0.2, 0.25) is 11.5 Å². The van der Waals surface area contributed by atoms with Gasteiger partial charge in [0.1, 0.15) is 6.61 Å². The number of carboxylic acids is 1. The van der Waals surface area contributed by atoms with E-state index >= 15 is 0 Å². The molecule has 0 radical (unpaired) electrons. The molecule has 180 valence electrons. The number of nitrogens with one attached hydrogen (secondary N) is 2. The van der Waals surface area contributed by atoms with E-state index in [1.807, 2.05) is 48.5 Å². The lowest BCUT2D eigenvalue weighted by atomic mass is 9.98. The molecule has 1 aliphatic carbocycles. The molecule has 5 rings (SSSR count). The van der Waals surface area contributed by atoms with Crippen LogP contribution in [0.1, 0.15) is 40.4 Å². The molecule has 1 saturated heterocycles. The van der Waals surface area contributed by atoms with Crippen LogP contribution in [0.15, 0.2) is 53.2 Å². The van der Waals surface area contributed by atoms with Gasteiger partial charge in [0, 0.05) is 12.5 Å². The number of anilines is 1. The molecule has 3 N–H and O–H groups in total. The third kappa shape index (κ3) is 4.58. The summed E-state index contributed by atoms with van der Waals surface area (Å²) in [4.78, 5) is 36.0. The van der Waals surface area contributed by atoms with E-state index in [0.717, 1.165) is 22.3 Å². The molecule has 0 saturated carbocycles. The van der Waals surface area contributed by atoms with Gasteiger partial charge < -0.3 is 19.9 Å². The van der Waals surface area contributed by atoms with E-state index in [9.17, 15) is 14.4 Å². The molecule has 3 aromatic rings. The number of aliphatic carboxylic acids is 1. The second-order valence-electron chi connectivity index (χ2n) is 8.28. The fourth-order valence-electron chi connectivity index (χ4n) is 4.48. The van der Waals surface area contributed by atoms with Crippen molar-refractivity contribution in [2.24, 2.45) is 0 Å². The van der Waals surface area contributed by atoms with Crippen molar-refractivity contribution in [1.82, 2.24) is 15.6 Å². The summed E-state index contributed by atoms with van der Waals surface area (Å²) in [6, 6.07) is 15.9. The number of ether oxygens (including phenoxy) is 2. The summed E-state index contributed by atoms with van der Waals surface area (Å²) in [5, 5.41) is 21.1. The van der Waals surface area contributed by atoms with Gasteiger partial charge in [-0.3, -0.25) is 10.1 Å². The summed E-state index contributed by atoms with van der Waals surface area (Å²) in [5.41, 5.74) is 4.13. The van der Waals surface area contributed by atoms with Crippen LogP contribution in [-0.4, -0.2) is 58.7 Å². The molecule has 0 bridgehead atoms. The summed E-state index contributed by atoms with van der Waals surface area (Å²) in [7, 11) is 0. The predicted octanol–water partition coefficient (Wildman–Crippen LogP) is 2.79. The van der Waals surface area contributed by atoms with Crippen LogP contribution in [0.5, 0.6) is 0 Å². The number of hydrogen-bond donors (Lipinski definition) is 3. The quantitative estimate of drug-likeness (QED) is 0.465. The molecular formula is C24H22N4O7. The highest BCUT2D eigenvalue weighted by atomic mass is 16.6. The number of aromatic nitrogens is 2. The molecule has 2 atom stereocenters. The lowest BCUT2D eigenvalue weighted by Gasteiger charge is -2.14. The maximum absolute atomic E-state index is 12.5. The Morgan fingerprint density at radius 1 is 1.00 bits per heavy atom. The number of hydrogen-bond acceptors (Lipinski definition) is 8. The van der Waals surface area contributed by atoms with Crippen molar-refractivity contribution in [1.29, 1.82) is 0 Å². The molecule has 2 amide bonds. The van der Waals surface area contributed by atoms with Crippen LogP contribution in [0.3, 0.4) is 0 Å². The monoisotopic (exact) mass is 478 g/mol. The molecule has 2 aromatic carbocycles. The smallest absolute Gasteiger partial charge is 0.412 e. The predicted molar refractivity (Wildman–Crippen MR) is 121 cm³/mol. The van der Waals surface area contributed by atoms with E-state index in [1.54, 1.807) is 0 Å². The minimum absolute atomic E-state index is 0.0832. The van der Waals surface area contributed by atoms with Gasteiger partial charge in [-0.2, -0.15) is 0 Å². The number of rotatable bonds is 7. The van der Waals surface area contributed by atoms with Crippen LogP contribution in [-0.2, 0) is 14.3 Å². The molecule has 11 heteroatoms. The third-order valence-electron chi connectivity index (χ3n) is 6.14. The van der Waals surface area contributed by atoms with Crippen molar-refractivity contribution in [3.63, 3.8) is 0 Å². The van der Waals surface area contributed by atoms with Crippen LogP contribution < -0.4 is 10.6 Å². The molecule has 2 aliphatic rings. The Kier molecular flexibility index (Phi) is 6.15. The van der Waals surface area contributed by atoms with Crippen molar-refractivity contribution in [2.75, 3.05) is 18.5 Å². The standard InChI is InChI=1S/C24H22N4O7/c29-22(25-11-13-9-10-19(34-13)23(30)31)20-21(28-35-27-20)26-24(32)33-12-18-16-7-3-1-5-14(16)15-6-2-4-8-17(15)18/h1-8,13,18-19H,9-12H2,(H,25,29)(H,30,31)(H,26,28,32). The van der Waals surface area contributed by atoms with Gasteiger partial charge in [-0.15, -0.1) is 0 Å².